The molecule has 1 atom stereocenters. The molecule has 0 aromatic heterocycles. The van der Waals surface area contributed by atoms with Crippen LogP contribution in [0.5, 0.6) is 0 Å². The van der Waals surface area contributed by atoms with Crippen molar-refractivity contribution < 1.29 is 32.8 Å². The summed E-state index contributed by atoms with van der Waals surface area (Å²) in [5, 5.41) is 15.9. The number of aliphatic hydroxyl groups is 1. The Balaban J connectivity index is 0. The van der Waals surface area contributed by atoms with E-state index in [1.165, 1.54) is 0 Å². The van der Waals surface area contributed by atoms with Gasteiger partial charge in [0.25, 0.3) is 0 Å². The monoisotopic (exact) mass is 289 g/mol. The lowest BCUT2D eigenvalue weighted by molar-refractivity contribution is -0.139. The van der Waals surface area contributed by atoms with Crippen LogP contribution in [-0.4, -0.2) is 41.0 Å². The summed E-state index contributed by atoms with van der Waals surface area (Å²) >= 11 is 0. The molecule has 110 valence electrons. The van der Waals surface area contributed by atoms with Gasteiger partial charge in [0.1, 0.15) is 6.04 Å². The molecule has 0 spiro atoms. The average molecular weight is 289 g/mol. The number of aliphatic hydroxyl groups excluding tert-OH is 1. The van der Waals surface area contributed by atoms with E-state index < -0.39 is 38.7 Å². The van der Waals surface area contributed by atoms with E-state index in [1.54, 1.807) is 27.7 Å². The van der Waals surface area contributed by atoms with Crippen molar-refractivity contribution in [2.75, 3.05) is 6.61 Å². The van der Waals surface area contributed by atoms with Crippen LogP contribution in [0.2, 0.25) is 0 Å². The topological polar surface area (TPSA) is 119 Å². The number of hydrogen-bond donors (Lipinski definition) is 3. The van der Waals surface area contributed by atoms with E-state index in [4.69, 9.17) is 15.9 Å². The molecule has 0 aliphatic heterocycles. The van der Waals surface area contributed by atoms with Crippen molar-refractivity contribution in [3.8, 4) is 0 Å². The van der Waals surface area contributed by atoms with Gasteiger partial charge in [-0.15, -0.1) is 4.20 Å². The number of halogens is 1. The van der Waals surface area contributed by atoms with Crippen molar-refractivity contribution in [1.82, 2.24) is 0 Å². The minimum Gasteiger partial charge on any atom is -0.480 e. The van der Waals surface area contributed by atoms with Gasteiger partial charge < -0.3 is 15.9 Å². The van der Waals surface area contributed by atoms with Gasteiger partial charge in [0, 0.05) is 0 Å². The molecule has 0 bridgehead atoms. The third-order valence-corrected chi connectivity index (χ3v) is 2.53. The molecule has 0 heterocycles. The van der Waals surface area contributed by atoms with Gasteiger partial charge in [0.05, 0.1) is 18.8 Å². The quantitative estimate of drug-likeness (QED) is 0.630. The van der Waals surface area contributed by atoms with Crippen LogP contribution < -0.4 is 5.73 Å². The number of carbonyl (C=O) groups is 1. The Bertz CT molecular complexity index is 272. The third-order valence-electron chi connectivity index (χ3n) is 1.19. The first-order chi connectivity index (χ1) is 8.01. The molecule has 0 rings (SSSR count). The summed E-state index contributed by atoms with van der Waals surface area (Å²) in [6, 6.07) is -1.13. The zero-order chi connectivity index (χ0) is 14.9. The third kappa shape index (κ3) is 13.5. The zero-order valence-corrected chi connectivity index (χ0v) is 11.8. The van der Waals surface area contributed by atoms with Crippen molar-refractivity contribution in [2.45, 2.75) is 45.9 Å². The highest BCUT2D eigenvalue weighted by atomic mass is 31.2. The smallest absolute Gasteiger partial charge is 0.480 e. The van der Waals surface area contributed by atoms with Gasteiger partial charge in [-0.2, -0.15) is 0 Å². The number of carboxylic acids is 1. The Kier molecular flexibility index (Phi) is 10.3. The van der Waals surface area contributed by atoms with Crippen LogP contribution in [-0.2, 0) is 18.4 Å². The molecule has 4 N–H and O–H groups in total. The molecule has 0 aromatic rings. The van der Waals surface area contributed by atoms with Crippen LogP contribution in [0.3, 0.4) is 0 Å². The number of aliphatic carboxylic acids is 1. The predicted octanol–water partition coefficient (Wildman–Crippen LogP) is 1.30. The van der Waals surface area contributed by atoms with Crippen LogP contribution in [0.15, 0.2) is 0 Å². The second-order valence-electron chi connectivity index (χ2n) is 3.87. The Morgan fingerprint density at radius 1 is 1.28 bits per heavy atom. The van der Waals surface area contributed by atoms with E-state index in [0.29, 0.717) is 0 Å². The number of rotatable bonds is 6. The molecule has 0 aliphatic carbocycles. The lowest BCUT2D eigenvalue weighted by Crippen LogP contribution is -2.33. The maximum absolute atomic E-state index is 12.7. The fourth-order valence-corrected chi connectivity index (χ4v) is 1.66. The fraction of sp³-hybridized carbons (Fsp3) is 0.889. The number of nitrogens with two attached hydrogens (primary N) is 1. The van der Waals surface area contributed by atoms with Gasteiger partial charge >= 0.3 is 13.9 Å². The highest BCUT2D eigenvalue weighted by molar-refractivity contribution is 7.48. The van der Waals surface area contributed by atoms with Crippen LogP contribution in [0.1, 0.15) is 27.7 Å². The molecule has 0 saturated heterocycles. The second-order valence-corrected chi connectivity index (χ2v) is 5.15. The molecular formula is C9H21FNO6P. The van der Waals surface area contributed by atoms with E-state index in [0.717, 1.165) is 0 Å². The molecule has 0 saturated carbocycles. The van der Waals surface area contributed by atoms with E-state index in [2.05, 4.69) is 9.05 Å². The maximum Gasteiger partial charge on any atom is 0.513 e. The standard InChI is InChI=1S/C6H14FO3P.C3H7NO3/c1-5(2)9-11(7,8)10-6(3)4;4-2(1-5)3(6)7/h5-6H,1-4H3;2,5H,1,4H2,(H,6,7)/t;2-/m.0/s1. The molecule has 0 fully saturated rings. The van der Waals surface area contributed by atoms with Crippen LogP contribution in [0.4, 0.5) is 4.20 Å². The van der Waals surface area contributed by atoms with Gasteiger partial charge in [-0.1, -0.05) is 0 Å². The van der Waals surface area contributed by atoms with Crippen molar-refractivity contribution in [1.29, 1.82) is 0 Å². The van der Waals surface area contributed by atoms with Crippen molar-refractivity contribution in [3.05, 3.63) is 0 Å². The molecule has 0 unspecified atom stereocenters. The zero-order valence-electron chi connectivity index (χ0n) is 10.9. The summed E-state index contributed by atoms with van der Waals surface area (Å²) in [6.45, 7) is 5.87. The fourth-order valence-electron chi connectivity index (χ4n) is 0.607. The Morgan fingerprint density at radius 3 is 1.72 bits per heavy atom. The molecule has 18 heavy (non-hydrogen) atoms. The summed E-state index contributed by atoms with van der Waals surface area (Å²) in [6.07, 6.45) is -0.853. The highest BCUT2D eigenvalue weighted by Gasteiger charge is 2.26. The molecule has 0 aliphatic rings. The van der Waals surface area contributed by atoms with E-state index in [1.807, 2.05) is 0 Å². The Labute approximate surface area is 106 Å². The SMILES string of the molecule is CC(C)OP(=O)(F)OC(C)C.N[C@@H](CO)C(=O)O. The van der Waals surface area contributed by atoms with Gasteiger partial charge in [-0.05, 0) is 27.7 Å². The van der Waals surface area contributed by atoms with Gasteiger partial charge in [0.15, 0.2) is 0 Å². The van der Waals surface area contributed by atoms with E-state index in [9.17, 15) is 13.6 Å². The molecule has 9 heteroatoms. The first-order valence-corrected chi connectivity index (χ1v) is 6.71. The van der Waals surface area contributed by atoms with Gasteiger partial charge in [-0.25, -0.2) is 4.57 Å². The average Bonchev–Trinajstić information content (AvgIpc) is 2.12. The second kappa shape index (κ2) is 9.41. The van der Waals surface area contributed by atoms with Gasteiger partial charge in [0.2, 0.25) is 0 Å². The minimum absolute atomic E-state index is 0.426. The number of hydrogen-bond acceptors (Lipinski definition) is 6. The molecule has 0 amide bonds. The lowest BCUT2D eigenvalue weighted by atomic mass is 10.3. The van der Waals surface area contributed by atoms with Crippen LogP contribution in [0.25, 0.3) is 0 Å². The van der Waals surface area contributed by atoms with Crippen LogP contribution >= 0.6 is 7.91 Å². The van der Waals surface area contributed by atoms with Crippen molar-refractivity contribution in [3.63, 3.8) is 0 Å². The minimum atomic E-state index is -4.30. The number of carboxylic acid groups (broad SMARTS) is 1. The summed E-state index contributed by atoms with van der Waals surface area (Å²) < 4.78 is 32.3. The molecule has 0 aromatic carbocycles. The predicted molar refractivity (Wildman–Crippen MR) is 63.9 cm³/mol. The summed E-state index contributed by atoms with van der Waals surface area (Å²) in [5.74, 6) is -1.18. The molecule has 7 nitrogen and oxygen atoms in total. The first kappa shape index (κ1) is 19.8. The summed E-state index contributed by atoms with van der Waals surface area (Å²) in [4.78, 5) is 9.65. The summed E-state index contributed by atoms with van der Waals surface area (Å²) in [7, 11) is -4.30. The van der Waals surface area contributed by atoms with E-state index in [-0.39, 0.29) is 0 Å². The Morgan fingerprint density at radius 2 is 1.61 bits per heavy atom. The normalized spacial score (nSPS) is 13.2. The van der Waals surface area contributed by atoms with E-state index >= 15 is 0 Å². The lowest BCUT2D eigenvalue weighted by Gasteiger charge is -2.14. The Hall–Kier alpha value is -0.530. The first-order valence-electron chi connectivity index (χ1n) is 5.27. The molecule has 0 radical (unpaired) electrons. The largest absolute Gasteiger partial charge is 0.513 e. The van der Waals surface area contributed by atoms with Gasteiger partial charge in [-0.3, -0.25) is 13.8 Å². The highest BCUT2D eigenvalue weighted by Crippen LogP contribution is 2.51. The summed E-state index contributed by atoms with van der Waals surface area (Å²) in [5.41, 5.74) is 4.77. The van der Waals surface area contributed by atoms with Crippen molar-refractivity contribution >= 4 is 13.9 Å². The van der Waals surface area contributed by atoms with Crippen molar-refractivity contribution in [2.24, 2.45) is 5.73 Å². The van der Waals surface area contributed by atoms with Crippen LogP contribution in [0, 0.1) is 0 Å². The molecular weight excluding hydrogens is 268 g/mol. The maximum atomic E-state index is 12.7.